The summed E-state index contributed by atoms with van der Waals surface area (Å²) in [5.74, 6) is -0.172. The van der Waals surface area contributed by atoms with Crippen LogP contribution in [0.2, 0.25) is 0 Å². The SMILES string of the molecule is C=CCN(CCO)C(=O)C1CCCN1S(=O)(=O)CCC. The summed E-state index contributed by atoms with van der Waals surface area (Å²) in [7, 11) is -3.37. The normalized spacial score (nSPS) is 20.0. The van der Waals surface area contributed by atoms with Crippen molar-refractivity contribution < 1.29 is 18.3 Å². The molecule has 0 spiro atoms. The van der Waals surface area contributed by atoms with Crippen LogP contribution in [-0.4, -0.2) is 66.7 Å². The van der Waals surface area contributed by atoms with Gasteiger partial charge in [-0.15, -0.1) is 6.58 Å². The van der Waals surface area contributed by atoms with E-state index in [0.717, 1.165) is 0 Å². The molecule has 6 nitrogen and oxygen atoms in total. The van der Waals surface area contributed by atoms with Crippen molar-refractivity contribution >= 4 is 15.9 Å². The summed E-state index contributed by atoms with van der Waals surface area (Å²) in [5, 5.41) is 9.00. The van der Waals surface area contributed by atoms with E-state index in [-0.39, 0.29) is 24.8 Å². The molecule has 116 valence electrons. The van der Waals surface area contributed by atoms with Crippen LogP contribution < -0.4 is 0 Å². The molecule has 1 heterocycles. The second-order valence-electron chi connectivity index (χ2n) is 4.88. The Labute approximate surface area is 121 Å². The zero-order valence-corrected chi connectivity index (χ0v) is 12.8. The Morgan fingerprint density at radius 1 is 1.55 bits per heavy atom. The van der Waals surface area contributed by atoms with E-state index in [1.54, 1.807) is 13.0 Å². The van der Waals surface area contributed by atoms with Crippen molar-refractivity contribution in [2.45, 2.75) is 32.2 Å². The standard InChI is InChI=1S/C13H24N2O4S/c1-3-7-14(9-10-16)13(17)12-6-5-8-15(12)20(18,19)11-4-2/h3,12,16H,1,4-11H2,2H3. The molecule has 0 aromatic rings. The number of carbonyl (C=O) groups is 1. The van der Waals surface area contributed by atoms with Gasteiger partial charge in [-0.2, -0.15) is 4.31 Å². The molecule has 1 rings (SSSR count). The highest BCUT2D eigenvalue weighted by Gasteiger charge is 2.39. The van der Waals surface area contributed by atoms with Crippen LogP contribution in [0.15, 0.2) is 12.7 Å². The molecule has 0 bridgehead atoms. The van der Waals surface area contributed by atoms with E-state index in [0.29, 0.717) is 32.4 Å². The van der Waals surface area contributed by atoms with E-state index in [2.05, 4.69) is 6.58 Å². The van der Waals surface area contributed by atoms with Gasteiger partial charge in [-0.05, 0) is 19.3 Å². The van der Waals surface area contributed by atoms with Crippen LogP contribution in [0.1, 0.15) is 26.2 Å². The van der Waals surface area contributed by atoms with Gasteiger partial charge in [0.15, 0.2) is 0 Å². The molecular formula is C13H24N2O4S. The number of aliphatic hydroxyl groups is 1. The van der Waals surface area contributed by atoms with Gasteiger partial charge in [0, 0.05) is 19.6 Å². The van der Waals surface area contributed by atoms with Gasteiger partial charge in [0.25, 0.3) is 0 Å². The largest absolute Gasteiger partial charge is 0.395 e. The fourth-order valence-corrected chi connectivity index (χ4v) is 4.21. The van der Waals surface area contributed by atoms with Gasteiger partial charge in [0.2, 0.25) is 15.9 Å². The topological polar surface area (TPSA) is 77.9 Å². The highest BCUT2D eigenvalue weighted by molar-refractivity contribution is 7.89. The van der Waals surface area contributed by atoms with Crippen molar-refractivity contribution in [3.8, 4) is 0 Å². The molecule has 1 fully saturated rings. The summed E-state index contributed by atoms with van der Waals surface area (Å²) < 4.78 is 25.7. The molecule has 1 atom stereocenters. The van der Waals surface area contributed by atoms with Gasteiger partial charge >= 0.3 is 0 Å². The molecule has 1 N–H and O–H groups in total. The fraction of sp³-hybridized carbons (Fsp3) is 0.769. The Balaban J connectivity index is 2.87. The first-order chi connectivity index (χ1) is 9.47. The number of aliphatic hydroxyl groups excluding tert-OH is 1. The molecular weight excluding hydrogens is 280 g/mol. The molecule has 1 aliphatic rings. The molecule has 7 heteroatoms. The molecule has 1 saturated heterocycles. The first kappa shape index (κ1) is 17.1. The smallest absolute Gasteiger partial charge is 0.241 e. The molecule has 20 heavy (non-hydrogen) atoms. The summed E-state index contributed by atoms with van der Waals surface area (Å²) in [6, 6.07) is -0.627. The third-order valence-corrected chi connectivity index (χ3v) is 5.42. The summed E-state index contributed by atoms with van der Waals surface area (Å²) in [5.41, 5.74) is 0. The molecule has 1 unspecified atom stereocenters. The second kappa shape index (κ2) is 7.75. The predicted octanol–water partition coefficient (Wildman–Crippen LogP) is 0.198. The van der Waals surface area contributed by atoms with E-state index in [1.807, 2.05) is 0 Å². The molecule has 0 aromatic heterocycles. The first-order valence-corrected chi connectivity index (χ1v) is 8.59. The lowest BCUT2D eigenvalue weighted by Crippen LogP contribution is -2.49. The van der Waals surface area contributed by atoms with Crippen LogP contribution in [-0.2, 0) is 14.8 Å². The Bertz CT molecular complexity index is 436. The van der Waals surface area contributed by atoms with Crippen LogP contribution in [0.25, 0.3) is 0 Å². The molecule has 1 amide bonds. The second-order valence-corrected chi connectivity index (χ2v) is 6.92. The molecule has 0 radical (unpaired) electrons. The molecule has 1 aliphatic heterocycles. The number of amides is 1. The summed E-state index contributed by atoms with van der Waals surface area (Å²) >= 11 is 0. The number of nitrogens with zero attached hydrogens (tertiary/aromatic N) is 2. The van der Waals surface area contributed by atoms with Crippen molar-refractivity contribution in [2.24, 2.45) is 0 Å². The molecule has 0 saturated carbocycles. The van der Waals surface area contributed by atoms with Gasteiger partial charge in [-0.1, -0.05) is 13.0 Å². The van der Waals surface area contributed by atoms with Crippen LogP contribution in [0, 0.1) is 0 Å². The van der Waals surface area contributed by atoms with E-state index < -0.39 is 16.1 Å². The van der Waals surface area contributed by atoms with Gasteiger partial charge in [-0.25, -0.2) is 8.42 Å². The lowest BCUT2D eigenvalue weighted by Gasteiger charge is -2.28. The molecule has 0 aliphatic carbocycles. The van der Waals surface area contributed by atoms with Crippen LogP contribution >= 0.6 is 0 Å². The predicted molar refractivity (Wildman–Crippen MR) is 77.7 cm³/mol. The highest BCUT2D eigenvalue weighted by atomic mass is 32.2. The van der Waals surface area contributed by atoms with Crippen molar-refractivity contribution in [3.63, 3.8) is 0 Å². The van der Waals surface area contributed by atoms with Gasteiger partial charge in [0.05, 0.1) is 12.4 Å². The van der Waals surface area contributed by atoms with E-state index in [4.69, 9.17) is 5.11 Å². The minimum Gasteiger partial charge on any atom is -0.395 e. The first-order valence-electron chi connectivity index (χ1n) is 6.98. The lowest BCUT2D eigenvalue weighted by molar-refractivity contribution is -0.134. The number of hydrogen-bond acceptors (Lipinski definition) is 4. The summed E-state index contributed by atoms with van der Waals surface area (Å²) in [6.07, 6.45) is 3.35. The zero-order valence-electron chi connectivity index (χ0n) is 12.0. The maximum absolute atomic E-state index is 12.4. The average molecular weight is 304 g/mol. The van der Waals surface area contributed by atoms with Crippen molar-refractivity contribution in [1.29, 1.82) is 0 Å². The average Bonchev–Trinajstić information content (AvgIpc) is 2.87. The van der Waals surface area contributed by atoms with Gasteiger partial charge in [-0.3, -0.25) is 4.79 Å². The highest BCUT2D eigenvalue weighted by Crippen LogP contribution is 2.23. The quantitative estimate of drug-likeness (QED) is 0.650. The lowest BCUT2D eigenvalue weighted by atomic mass is 10.2. The van der Waals surface area contributed by atoms with E-state index >= 15 is 0 Å². The summed E-state index contributed by atoms with van der Waals surface area (Å²) in [6.45, 7) is 6.16. The van der Waals surface area contributed by atoms with Gasteiger partial charge in [0.1, 0.15) is 6.04 Å². The number of hydrogen-bond donors (Lipinski definition) is 1. The summed E-state index contributed by atoms with van der Waals surface area (Å²) in [4.78, 5) is 13.9. The van der Waals surface area contributed by atoms with E-state index in [9.17, 15) is 13.2 Å². The Kier molecular flexibility index (Phi) is 6.64. The minimum absolute atomic E-state index is 0.0677. The maximum Gasteiger partial charge on any atom is 0.241 e. The Hall–Kier alpha value is -0.920. The zero-order chi connectivity index (χ0) is 15.2. The Morgan fingerprint density at radius 3 is 2.80 bits per heavy atom. The monoisotopic (exact) mass is 304 g/mol. The van der Waals surface area contributed by atoms with E-state index in [1.165, 1.54) is 9.21 Å². The third-order valence-electron chi connectivity index (χ3n) is 3.34. The number of sulfonamides is 1. The van der Waals surface area contributed by atoms with Crippen LogP contribution in [0.3, 0.4) is 0 Å². The fourth-order valence-electron chi connectivity index (χ4n) is 2.47. The van der Waals surface area contributed by atoms with Crippen molar-refractivity contribution in [3.05, 3.63) is 12.7 Å². The van der Waals surface area contributed by atoms with Crippen LogP contribution in [0.5, 0.6) is 0 Å². The Morgan fingerprint density at radius 2 is 2.25 bits per heavy atom. The van der Waals surface area contributed by atoms with Crippen molar-refractivity contribution in [1.82, 2.24) is 9.21 Å². The molecule has 0 aromatic carbocycles. The van der Waals surface area contributed by atoms with Gasteiger partial charge < -0.3 is 10.0 Å². The van der Waals surface area contributed by atoms with Crippen LogP contribution in [0.4, 0.5) is 0 Å². The number of rotatable bonds is 8. The minimum atomic E-state index is -3.37. The third kappa shape index (κ3) is 4.04. The van der Waals surface area contributed by atoms with Crippen molar-refractivity contribution in [2.75, 3.05) is 32.0 Å². The number of carbonyl (C=O) groups excluding carboxylic acids is 1. The maximum atomic E-state index is 12.4.